The average Bonchev–Trinajstić information content (AvgIpc) is 2.50. The van der Waals surface area contributed by atoms with E-state index in [1.54, 1.807) is 23.7 Å². The van der Waals surface area contributed by atoms with Gasteiger partial charge in [0.15, 0.2) is 0 Å². The van der Waals surface area contributed by atoms with Crippen molar-refractivity contribution in [2.75, 3.05) is 19.9 Å². The van der Waals surface area contributed by atoms with Crippen molar-refractivity contribution in [3.05, 3.63) is 24.4 Å². The number of rotatable bonds is 4. The van der Waals surface area contributed by atoms with E-state index in [-0.39, 0.29) is 24.2 Å². The number of ether oxygens (including phenoxy) is 2. The molecule has 4 atom stereocenters. The quantitative estimate of drug-likeness (QED) is 0.834. The van der Waals surface area contributed by atoms with Gasteiger partial charge in [0, 0.05) is 31.3 Å². The first-order valence-corrected chi connectivity index (χ1v) is 9.41. The standard InChI is InChI=1S/C15H22N2O4S/c1-20-13-7-6-11-9-12(13)14(10-17(11)22(2,18)19)21-15-5-3-4-8-16-15/h3-5,8,11-14H,6-7,9-10H2,1-2H3/t11-,12-,13+,14-/m0/s1. The summed E-state index contributed by atoms with van der Waals surface area (Å²) in [7, 11) is -1.52. The van der Waals surface area contributed by atoms with Crippen molar-refractivity contribution in [1.82, 2.24) is 9.29 Å². The first-order chi connectivity index (χ1) is 10.5. The van der Waals surface area contributed by atoms with Gasteiger partial charge < -0.3 is 9.47 Å². The summed E-state index contributed by atoms with van der Waals surface area (Å²) in [4.78, 5) is 4.19. The second-order valence-electron chi connectivity index (χ2n) is 6.06. The maximum atomic E-state index is 12.1. The predicted molar refractivity (Wildman–Crippen MR) is 82.1 cm³/mol. The highest BCUT2D eigenvalue weighted by Crippen LogP contribution is 2.38. The van der Waals surface area contributed by atoms with Gasteiger partial charge in [0.25, 0.3) is 0 Å². The Balaban J connectivity index is 1.84. The molecule has 22 heavy (non-hydrogen) atoms. The van der Waals surface area contributed by atoms with Gasteiger partial charge in [-0.25, -0.2) is 13.4 Å². The van der Waals surface area contributed by atoms with Crippen LogP contribution < -0.4 is 4.74 Å². The number of hydrogen-bond donors (Lipinski definition) is 0. The monoisotopic (exact) mass is 326 g/mol. The van der Waals surface area contributed by atoms with Crippen molar-refractivity contribution in [2.45, 2.75) is 37.5 Å². The van der Waals surface area contributed by atoms with Gasteiger partial charge in [-0.3, -0.25) is 0 Å². The molecule has 1 saturated carbocycles. The molecule has 1 saturated heterocycles. The second kappa shape index (κ2) is 6.14. The van der Waals surface area contributed by atoms with Crippen molar-refractivity contribution < 1.29 is 17.9 Å². The Bertz CT molecular complexity index is 607. The van der Waals surface area contributed by atoms with Gasteiger partial charge in [0.05, 0.1) is 18.9 Å². The van der Waals surface area contributed by atoms with Crippen LogP contribution in [0.5, 0.6) is 5.88 Å². The lowest BCUT2D eigenvalue weighted by Crippen LogP contribution is -2.59. The van der Waals surface area contributed by atoms with E-state index >= 15 is 0 Å². The maximum Gasteiger partial charge on any atom is 0.213 e. The van der Waals surface area contributed by atoms with Gasteiger partial charge in [-0.1, -0.05) is 6.07 Å². The van der Waals surface area contributed by atoms with E-state index in [4.69, 9.17) is 9.47 Å². The number of methoxy groups -OCH3 is 1. The third-order valence-corrected chi connectivity index (χ3v) is 5.99. The molecule has 0 spiro atoms. The van der Waals surface area contributed by atoms with Gasteiger partial charge in [-0.2, -0.15) is 4.31 Å². The molecule has 2 heterocycles. The fourth-order valence-electron chi connectivity index (χ4n) is 3.66. The average molecular weight is 326 g/mol. The van der Waals surface area contributed by atoms with Crippen molar-refractivity contribution in [3.8, 4) is 5.88 Å². The van der Waals surface area contributed by atoms with Crippen LogP contribution in [0.1, 0.15) is 19.3 Å². The highest BCUT2D eigenvalue weighted by atomic mass is 32.2. The zero-order valence-electron chi connectivity index (χ0n) is 12.9. The predicted octanol–water partition coefficient (Wildman–Crippen LogP) is 1.29. The van der Waals surface area contributed by atoms with Crippen LogP contribution in [-0.4, -0.2) is 55.9 Å². The minimum Gasteiger partial charge on any atom is -0.473 e. The first kappa shape index (κ1) is 15.7. The lowest BCUT2D eigenvalue weighted by Gasteiger charge is -2.48. The number of nitrogens with zero attached hydrogens (tertiary/aromatic N) is 2. The van der Waals surface area contributed by atoms with E-state index < -0.39 is 10.0 Å². The summed E-state index contributed by atoms with van der Waals surface area (Å²) in [6.07, 6.45) is 5.32. The minimum atomic E-state index is -3.23. The Kier molecular flexibility index (Phi) is 4.38. The molecule has 0 radical (unpaired) electrons. The number of aromatic nitrogens is 1. The highest BCUT2D eigenvalue weighted by molar-refractivity contribution is 7.88. The summed E-state index contributed by atoms with van der Waals surface area (Å²) in [6.45, 7) is 0.366. The smallest absolute Gasteiger partial charge is 0.213 e. The van der Waals surface area contributed by atoms with E-state index in [1.165, 1.54) is 6.26 Å². The summed E-state index contributed by atoms with van der Waals surface area (Å²) in [5.41, 5.74) is 0. The van der Waals surface area contributed by atoms with E-state index in [0.717, 1.165) is 19.3 Å². The molecule has 6 nitrogen and oxygen atoms in total. The molecule has 2 bridgehead atoms. The topological polar surface area (TPSA) is 68.7 Å². The van der Waals surface area contributed by atoms with Gasteiger partial charge in [-0.05, 0) is 25.3 Å². The third kappa shape index (κ3) is 3.11. The molecule has 0 amide bonds. The van der Waals surface area contributed by atoms with Crippen molar-refractivity contribution in [1.29, 1.82) is 0 Å². The molecule has 1 aromatic rings. The van der Waals surface area contributed by atoms with Gasteiger partial charge >= 0.3 is 0 Å². The Morgan fingerprint density at radius 2 is 2.09 bits per heavy atom. The van der Waals surface area contributed by atoms with Crippen LogP contribution >= 0.6 is 0 Å². The molecule has 1 aromatic heterocycles. The summed E-state index contributed by atoms with van der Waals surface area (Å²) in [5, 5.41) is 0. The Labute approximate surface area is 131 Å². The normalized spacial score (nSPS) is 32.6. The van der Waals surface area contributed by atoms with Crippen LogP contribution in [0.15, 0.2) is 24.4 Å². The SMILES string of the molecule is CO[C@@H]1CC[C@H]2C[C@@H]1[C@@H](Oc1ccccn1)CN2S(C)(=O)=O. The first-order valence-electron chi connectivity index (χ1n) is 7.56. The fraction of sp³-hybridized carbons (Fsp3) is 0.667. The summed E-state index contributed by atoms with van der Waals surface area (Å²) >= 11 is 0. The maximum absolute atomic E-state index is 12.1. The minimum absolute atomic E-state index is 0.0648. The van der Waals surface area contributed by atoms with E-state index in [0.29, 0.717) is 12.4 Å². The number of fused-ring (bicyclic) bond motifs is 2. The Hall–Kier alpha value is -1.18. The second-order valence-corrected chi connectivity index (χ2v) is 8.00. The van der Waals surface area contributed by atoms with Gasteiger partial charge in [0.1, 0.15) is 6.10 Å². The number of sulfonamides is 1. The molecule has 0 aromatic carbocycles. The van der Waals surface area contributed by atoms with Crippen molar-refractivity contribution in [3.63, 3.8) is 0 Å². The van der Waals surface area contributed by atoms with Crippen LogP contribution in [0.4, 0.5) is 0 Å². The molecular formula is C15H22N2O4S. The van der Waals surface area contributed by atoms with Crippen LogP contribution in [0.3, 0.4) is 0 Å². The molecule has 0 unspecified atom stereocenters. The molecule has 0 N–H and O–H groups in total. The van der Waals surface area contributed by atoms with Crippen LogP contribution in [-0.2, 0) is 14.8 Å². The molecule has 1 aliphatic heterocycles. The Morgan fingerprint density at radius 1 is 1.27 bits per heavy atom. The highest BCUT2D eigenvalue weighted by Gasteiger charge is 2.47. The van der Waals surface area contributed by atoms with E-state index in [2.05, 4.69) is 4.98 Å². The molecule has 2 aliphatic rings. The molecule has 1 aliphatic carbocycles. The van der Waals surface area contributed by atoms with Crippen molar-refractivity contribution >= 4 is 10.0 Å². The van der Waals surface area contributed by atoms with E-state index in [9.17, 15) is 8.42 Å². The molecule has 3 rings (SSSR count). The molecular weight excluding hydrogens is 304 g/mol. The van der Waals surface area contributed by atoms with Crippen LogP contribution in [0.25, 0.3) is 0 Å². The summed E-state index contributed by atoms with van der Waals surface area (Å²) in [6, 6.07) is 5.54. The van der Waals surface area contributed by atoms with Crippen LogP contribution in [0.2, 0.25) is 0 Å². The fourth-order valence-corrected chi connectivity index (χ4v) is 4.82. The lowest BCUT2D eigenvalue weighted by molar-refractivity contribution is -0.0746. The number of hydrogen-bond acceptors (Lipinski definition) is 5. The number of pyridine rings is 1. The number of piperidine rings is 1. The third-order valence-electron chi connectivity index (χ3n) is 4.69. The van der Waals surface area contributed by atoms with E-state index in [1.807, 2.05) is 12.1 Å². The molecule has 2 fully saturated rings. The Morgan fingerprint density at radius 3 is 2.73 bits per heavy atom. The largest absolute Gasteiger partial charge is 0.473 e. The van der Waals surface area contributed by atoms with Crippen LogP contribution in [0, 0.1) is 5.92 Å². The summed E-state index contributed by atoms with van der Waals surface area (Å²) in [5.74, 6) is 0.726. The summed E-state index contributed by atoms with van der Waals surface area (Å²) < 4.78 is 37.3. The van der Waals surface area contributed by atoms with Gasteiger partial charge in [0.2, 0.25) is 15.9 Å². The molecule has 122 valence electrons. The molecule has 7 heteroatoms. The lowest BCUT2D eigenvalue weighted by atomic mass is 9.77. The zero-order valence-corrected chi connectivity index (χ0v) is 13.7. The zero-order chi connectivity index (χ0) is 15.7. The van der Waals surface area contributed by atoms with Gasteiger partial charge in [-0.15, -0.1) is 0 Å². The van der Waals surface area contributed by atoms with Crippen molar-refractivity contribution in [2.24, 2.45) is 5.92 Å².